The molecule has 0 fully saturated rings. The Bertz CT molecular complexity index is 200. The van der Waals surface area contributed by atoms with Gasteiger partial charge in [-0.05, 0) is 35.7 Å². The summed E-state index contributed by atoms with van der Waals surface area (Å²) in [5.74, 6) is -0.258. The fourth-order valence-electron chi connectivity index (χ4n) is 1.26. The molecule has 0 aromatic carbocycles. The minimum atomic E-state index is -0.258. The Morgan fingerprint density at radius 1 is 1.20 bits per heavy atom. The molecule has 0 amide bonds. The molecule has 0 saturated carbocycles. The fraction of sp³-hybridized carbons (Fsp3) is 0.750. The molecule has 0 aromatic rings. The van der Waals surface area contributed by atoms with Crippen LogP contribution in [0.5, 0.6) is 0 Å². The van der Waals surface area contributed by atoms with Crippen LogP contribution < -0.4 is 0 Å². The molecule has 0 bridgehead atoms. The van der Waals surface area contributed by atoms with Crippen LogP contribution in [0.3, 0.4) is 0 Å². The van der Waals surface area contributed by atoms with Gasteiger partial charge in [0, 0.05) is 0 Å². The number of rotatable bonds is 8. The van der Waals surface area contributed by atoms with E-state index in [1.54, 1.807) is 0 Å². The zero-order valence-corrected chi connectivity index (χ0v) is 11.3. The van der Waals surface area contributed by atoms with Gasteiger partial charge in [-0.25, -0.2) is 4.79 Å². The van der Waals surface area contributed by atoms with Gasteiger partial charge < -0.3 is 4.74 Å². The number of carbonyl (C=O) groups is 1. The first-order valence-corrected chi connectivity index (χ1v) is 6.54. The number of carbonyl (C=O) groups excluding carboxylic acids is 1. The maximum Gasteiger partial charge on any atom is 0.344 e. The van der Waals surface area contributed by atoms with Crippen molar-refractivity contribution in [1.29, 1.82) is 0 Å². The Balaban J connectivity index is 3.53. The minimum Gasteiger partial charge on any atom is -0.462 e. The highest BCUT2D eigenvalue weighted by molar-refractivity contribution is 9.12. The normalized spacial score (nSPS) is 11.5. The largest absolute Gasteiger partial charge is 0.462 e. The second-order valence-electron chi connectivity index (χ2n) is 3.48. The first-order chi connectivity index (χ1) is 7.22. The monoisotopic (exact) mass is 276 g/mol. The van der Waals surface area contributed by atoms with E-state index in [1.165, 1.54) is 25.7 Å². The number of esters is 1. The van der Waals surface area contributed by atoms with Crippen molar-refractivity contribution in [3.05, 3.63) is 10.6 Å². The highest BCUT2D eigenvalue weighted by Gasteiger charge is 2.04. The molecular formula is C12H21BrO2. The molecule has 0 saturated heterocycles. The lowest BCUT2D eigenvalue weighted by atomic mass is 10.1. The minimum absolute atomic E-state index is 0.258. The number of hydrogen-bond donors (Lipinski definition) is 0. The van der Waals surface area contributed by atoms with Gasteiger partial charge in [-0.1, -0.05) is 38.7 Å². The zero-order chi connectivity index (χ0) is 11.5. The van der Waals surface area contributed by atoms with Gasteiger partial charge >= 0.3 is 5.97 Å². The summed E-state index contributed by atoms with van der Waals surface area (Å²) < 4.78 is 5.40. The molecule has 0 heterocycles. The lowest BCUT2D eigenvalue weighted by Gasteiger charge is -2.00. The Kier molecular flexibility index (Phi) is 10.0. The maximum absolute atomic E-state index is 11.2. The van der Waals surface area contributed by atoms with Crippen molar-refractivity contribution in [3.8, 4) is 0 Å². The Morgan fingerprint density at radius 3 is 2.47 bits per heavy atom. The van der Waals surface area contributed by atoms with Crippen molar-refractivity contribution >= 4 is 21.9 Å². The number of allylic oxidation sites excluding steroid dienone is 1. The van der Waals surface area contributed by atoms with E-state index in [2.05, 4.69) is 22.9 Å². The summed E-state index contributed by atoms with van der Waals surface area (Å²) in [4.78, 5) is 11.2. The molecule has 0 aliphatic heterocycles. The quantitative estimate of drug-likeness (QED) is 0.378. The molecule has 3 heteroatoms. The van der Waals surface area contributed by atoms with E-state index < -0.39 is 0 Å². The third kappa shape index (κ3) is 8.67. The number of unbranched alkanes of at least 4 members (excludes halogenated alkanes) is 5. The third-order valence-electron chi connectivity index (χ3n) is 2.10. The summed E-state index contributed by atoms with van der Waals surface area (Å²) in [5.41, 5.74) is 0. The molecule has 0 aromatic heterocycles. The van der Waals surface area contributed by atoms with Crippen molar-refractivity contribution in [2.24, 2.45) is 0 Å². The molecule has 2 nitrogen and oxygen atoms in total. The third-order valence-corrected chi connectivity index (χ3v) is 2.75. The van der Waals surface area contributed by atoms with Crippen molar-refractivity contribution in [2.75, 3.05) is 6.61 Å². The Hall–Kier alpha value is -0.310. The summed E-state index contributed by atoms with van der Waals surface area (Å²) >= 11 is 3.21. The number of hydrogen-bond acceptors (Lipinski definition) is 2. The van der Waals surface area contributed by atoms with Crippen LogP contribution in [-0.2, 0) is 9.53 Å². The first kappa shape index (κ1) is 14.7. The molecule has 0 unspecified atom stereocenters. The van der Waals surface area contributed by atoms with Gasteiger partial charge in [-0.2, -0.15) is 0 Å². The molecular weight excluding hydrogens is 256 g/mol. The van der Waals surface area contributed by atoms with Crippen LogP contribution in [0.1, 0.15) is 52.4 Å². The molecule has 0 N–H and O–H groups in total. The van der Waals surface area contributed by atoms with Crippen LogP contribution in [0.15, 0.2) is 10.6 Å². The standard InChI is InChI=1S/C12H21BrO2/c1-3-5-6-7-8-9-10-11(13)12(14)15-4-2/h10H,3-9H2,1-2H3/b11-10-. The predicted molar refractivity (Wildman–Crippen MR) is 67.0 cm³/mol. The van der Waals surface area contributed by atoms with Gasteiger partial charge in [0.15, 0.2) is 0 Å². The van der Waals surface area contributed by atoms with Crippen molar-refractivity contribution in [1.82, 2.24) is 0 Å². The smallest absolute Gasteiger partial charge is 0.344 e. The summed E-state index contributed by atoms with van der Waals surface area (Å²) in [6, 6.07) is 0. The first-order valence-electron chi connectivity index (χ1n) is 5.75. The molecule has 0 rings (SSSR count). The van der Waals surface area contributed by atoms with E-state index in [0.717, 1.165) is 12.8 Å². The summed E-state index contributed by atoms with van der Waals surface area (Å²) in [6.45, 7) is 4.44. The van der Waals surface area contributed by atoms with E-state index in [0.29, 0.717) is 11.1 Å². The number of halogens is 1. The molecule has 0 radical (unpaired) electrons. The lowest BCUT2D eigenvalue weighted by molar-refractivity contribution is -0.137. The van der Waals surface area contributed by atoms with Crippen molar-refractivity contribution in [2.45, 2.75) is 52.4 Å². The molecule has 88 valence electrons. The molecule has 0 aliphatic carbocycles. The highest BCUT2D eigenvalue weighted by atomic mass is 79.9. The molecule has 0 spiro atoms. The van der Waals surface area contributed by atoms with Crippen LogP contribution in [0.4, 0.5) is 0 Å². The van der Waals surface area contributed by atoms with Gasteiger partial charge in [0.1, 0.15) is 0 Å². The molecule has 0 atom stereocenters. The van der Waals surface area contributed by atoms with Crippen LogP contribution in [-0.4, -0.2) is 12.6 Å². The van der Waals surface area contributed by atoms with E-state index >= 15 is 0 Å². The van der Waals surface area contributed by atoms with Gasteiger partial charge in [0.2, 0.25) is 0 Å². The molecule has 0 aliphatic rings. The fourth-order valence-corrected chi connectivity index (χ4v) is 1.60. The van der Waals surface area contributed by atoms with E-state index in [-0.39, 0.29) is 5.97 Å². The van der Waals surface area contributed by atoms with Gasteiger partial charge in [-0.3, -0.25) is 0 Å². The summed E-state index contributed by atoms with van der Waals surface area (Å²) in [7, 11) is 0. The van der Waals surface area contributed by atoms with Gasteiger partial charge in [-0.15, -0.1) is 0 Å². The lowest BCUT2D eigenvalue weighted by Crippen LogP contribution is -2.03. The molecule has 15 heavy (non-hydrogen) atoms. The highest BCUT2D eigenvalue weighted by Crippen LogP contribution is 2.12. The topological polar surface area (TPSA) is 26.3 Å². The van der Waals surface area contributed by atoms with E-state index in [1.807, 2.05) is 13.0 Å². The number of ether oxygens (including phenoxy) is 1. The SMILES string of the molecule is CCCCCCC/C=C(\Br)C(=O)OCC. The van der Waals surface area contributed by atoms with E-state index in [4.69, 9.17) is 4.74 Å². The Morgan fingerprint density at radius 2 is 1.87 bits per heavy atom. The van der Waals surface area contributed by atoms with Crippen LogP contribution in [0, 0.1) is 0 Å². The zero-order valence-electron chi connectivity index (χ0n) is 9.72. The second-order valence-corrected chi connectivity index (χ2v) is 4.33. The van der Waals surface area contributed by atoms with Gasteiger partial charge in [0.25, 0.3) is 0 Å². The van der Waals surface area contributed by atoms with Gasteiger partial charge in [0.05, 0.1) is 11.1 Å². The van der Waals surface area contributed by atoms with Crippen LogP contribution >= 0.6 is 15.9 Å². The Labute approximate surface area is 101 Å². The van der Waals surface area contributed by atoms with E-state index in [9.17, 15) is 4.79 Å². The average Bonchev–Trinajstić information content (AvgIpc) is 2.23. The van der Waals surface area contributed by atoms with Crippen LogP contribution in [0.25, 0.3) is 0 Å². The summed E-state index contributed by atoms with van der Waals surface area (Å²) in [6.07, 6.45) is 9.11. The second kappa shape index (κ2) is 10.2. The average molecular weight is 277 g/mol. The van der Waals surface area contributed by atoms with Crippen molar-refractivity contribution < 1.29 is 9.53 Å². The maximum atomic E-state index is 11.2. The van der Waals surface area contributed by atoms with Crippen LogP contribution in [0.2, 0.25) is 0 Å². The predicted octanol–water partition coefficient (Wildman–Crippen LogP) is 4.19. The summed E-state index contributed by atoms with van der Waals surface area (Å²) in [5, 5.41) is 0. The van der Waals surface area contributed by atoms with Crippen molar-refractivity contribution in [3.63, 3.8) is 0 Å².